The summed E-state index contributed by atoms with van der Waals surface area (Å²) in [5.74, 6) is 1.15. The van der Waals surface area contributed by atoms with Gasteiger partial charge in [0.1, 0.15) is 5.69 Å². The number of aromatic nitrogens is 3. The monoisotopic (exact) mass is 298 g/mol. The summed E-state index contributed by atoms with van der Waals surface area (Å²) in [7, 11) is 0. The summed E-state index contributed by atoms with van der Waals surface area (Å²) in [5, 5.41) is 9.17. The van der Waals surface area contributed by atoms with Gasteiger partial charge in [-0.05, 0) is 25.0 Å². The molecule has 114 valence electrons. The zero-order chi connectivity index (χ0) is 15.0. The molecular weight excluding hydrogens is 280 g/mol. The molecule has 1 aromatic carbocycles. The Balaban J connectivity index is 1.59. The second-order valence-corrected chi connectivity index (χ2v) is 6.03. The van der Waals surface area contributed by atoms with E-state index in [1.54, 1.807) is 0 Å². The first kappa shape index (κ1) is 13.5. The van der Waals surface area contributed by atoms with E-state index in [1.807, 2.05) is 24.3 Å². The molecule has 1 aliphatic carbocycles. The van der Waals surface area contributed by atoms with Crippen LogP contribution in [0.15, 0.2) is 33.3 Å². The molecule has 0 radical (unpaired) electrons. The molecule has 3 aromatic rings. The van der Waals surface area contributed by atoms with Gasteiger partial charge in [0.15, 0.2) is 11.4 Å². The maximum atomic E-state index is 6.44. The number of nitrogens with two attached hydrogens (primary N) is 1. The minimum absolute atomic E-state index is 0.439. The highest BCUT2D eigenvalue weighted by Gasteiger charge is 2.34. The smallest absolute Gasteiger partial charge is 0.232 e. The predicted octanol–water partition coefficient (Wildman–Crippen LogP) is 2.92. The summed E-state index contributed by atoms with van der Waals surface area (Å²) in [6.07, 6.45) is 5.76. The number of rotatable bonds is 3. The van der Waals surface area contributed by atoms with Crippen molar-refractivity contribution in [2.24, 2.45) is 5.73 Å². The van der Waals surface area contributed by atoms with E-state index in [2.05, 4.69) is 15.3 Å². The van der Waals surface area contributed by atoms with Gasteiger partial charge in [-0.1, -0.05) is 41.7 Å². The van der Waals surface area contributed by atoms with Gasteiger partial charge in [-0.3, -0.25) is 0 Å². The lowest BCUT2D eigenvalue weighted by molar-refractivity contribution is 0.273. The normalized spacial score (nSPS) is 17.9. The number of hydrogen-bond donors (Lipinski definition) is 1. The maximum Gasteiger partial charge on any atom is 0.232 e. The third kappa shape index (κ3) is 2.29. The van der Waals surface area contributed by atoms with Crippen LogP contribution in [0.5, 0.6) is 0 Å². The number of para-hydroxylation sites is 1. The summed E-state index contributed by atoms with van der Waals surface area (Å²) in [5.41, 5.74) is 7.57. The van der Waals surface area contributed by atoms with Gasteiger partial charge in [0.05, 0.1) is 12.0 Å². The van der Waals surface area contributed by atoms with Gasteiger partial charge in [0, 0.05) is 5.39 Å². The highest BCUT2D eigenvalue weighted by molar-refractivity contribution is 5.79. The molecule has 0 spiro atoms. The maximum absolute atomic E-state index is 6.44. The topological polar surface area (TPSA) is 91.0 Å². The number of hydrogen-bond acceptors (Lipinski definition) is 6. The van der Waals surface area contributed by atoms with Gasteiger partial charge in [0.25, 0.3) is 0 Å². The third-order valence-corrected chi connectivity index (χ3v) is 4.43. The fourth-order valence-corrected chi connectivity index (χ4v) is 3.14. The van der Waals surface area contributed by atoms with E-state index < -0.39 is 5.54 Å². The van der Waals surface area contributed by atoms with Crippen molar-refractivity contribution >= 4 is 11.0 Å². The van der Waals surface area contributed by atoms with Crippen molar-refractivity contribution < 1.29 is 9.05 Å². The van der Waals surface area contributed by atoms with E-state index in [-0.39, 0.29) is 0 Å². The fraction of sp³-hybridized carbons (Fsp3) is 0.438. The Morgan fingerprint density at radius 3 is 2.73 bits per heavy atom. The van der Waals surface area contributed by atoms with Crippen LogP contribution < -0.4 is 5.73 Å². The molecule has 1 saturated carbocycles. The van der Waals surface area contributed by atoms with Gasteiger partial charge >= 0.3 is 0 Å². The lowest BCUT2D eigenvalue weighted by Gasteiger charge is -2.29. The SMILES string of the molecule is NC1(c2noc(Cc3noc4ccccc34)n2)CCCCC1. The average Bonchev–Trinajstić information content (AvgIpc) is 3.17. The second-order valence-electron chi connectivity index (χ2n) is 6.03. The first-order chi connectivity index (χ1) is 10.7. The third-order valence-electron chi connectivity index (χ3n) is 4.43. The van der Waals surface area contributed by atoms with E-state index in [0.29, 0.717) is 18.1 Å². The van der Waals surface area contributed by atoms with Gasteiger partial charge in [-0.25, -0.2) is 0 Å². The lowest BCUT2D eigenvalue weighted by atomic mass is 9.82. The Bertz CT molecular complexity index is 786. The molecule has 0 amide bonds. The van der Waals surface area contributed by atoms with E-state index in [1.165, 1.54) is 6.42 Å². The van der Waals surface area contributed by atoms with Crippen LogP contribution in [-0.4, -0.2) is 15.3 Å². The fourth-order valence-electron chi connectivity index (χ4n) is 3.14. The Morgan fingerprint density at radius 2 is 1.86 bits per heavy atom. The summed E-state index contributed by atoms with van der Waals surface area (Å²) in [4.78, 5) is 4.50. The molecule has 4 rings (SSSR count). The number of fused-ring (bicyclic) bond motifs is 1. The molecular formula is C16H18N4O2. The highest BCUT2D eigenvalue weighted by atomic mass is 16.5. The van der Waals surface area contributed by atoms with Crippen molar-refractivity contribution in [3.8, 4) is 0 Å². The van der Waals surface area contributed by atoms with Crippen LogP contribution >= 0.6 is 0 Å². The van der Waals surface area contributed by atoms with Gasteiger partial charge in [-0.15, -0.1) is 0 Å². The zero-order valence-electron chi connectivity index (χ0n) is 12.3. The van der Waals surface area contributed by atoms with Gasteiger partial charge < -0.3 is 14.8 Å². The highest BCUT2D eigenvalue weighted by Crippen LogP contribution is 2.33. The van der Waals surface area contributed by atoms with Crippen LogP contribution in [-0.2, 0) is 12.0 Å². The second kappa shape index (κ2) is 5.21. The largest absolute Gasteiger partial charge is 0.356 e. The van der Waals surface area contributed by atoms with Crippen molar-refractivity contribution in [1.29, 1.82) is 0 Å². The van der Waals surface area contributed by atoms with Crippen LogP contribution in [0.4, 0.5) is 0 Å². The van der Waals surface area contributed by atoms with Crippen molar-refractivity contribution in [1.82, 2.24) is 15.3 Å². The van der Waals surface area contributed by atoms with Gasteiger partial charge in [-0.2, -0.15) is 4.98 Å². The molecule has 1 fully saturated rings. The molecule has 2 heterocycles. The van der Waals surface area contributed by atoms with E-state index in [9.17, 15) is 0 Å². The van der Waals surface area contributed by atoms with Crippen LogP contribution in [0, 0.1) is 0 Å². The summed E-state index contributed by atoms with van der Waals surface area (Å²) < 4.78 is 10.7. The zero-order valence-corrected chi connectivity index (χ0v) is 12.3. The van der Waals surface area contributed by atoms with Crippen molar-refractivity contribution in [3.63, 3.8) is 0 Å². The molecule has 22 heavy (non-hydrogen) atoms. The summed E-state index contributed by atoms with van der Waals surface area (Å²) in [6, 6.07) is 7.74. The molecule has 0 atom stereocenters. The predicted molar refractivity (Wildman–Crippen MR) is 80.1 cm³/mol. The number of nitrogens with zero attached hydrogens (tertiary/aromatic N) is 3. The van der Waals surface area contributed by atoms with Gasteiger partial charge in [0.2, 0.25) is 5.89 Å². The molecule has 1 aliphatic rings. The quantitative estimate of drug-likeness (QED) is 0.799. The number of benzene rings is 1. The molecule has 0 bridgehead atoms. The van der Waals surface area contributed by atoms with Crippen LogP contribution in [0.1, 0.15) is 49.5 Å². The molecule has 6 nitrogen and oxygen atoms in total. The first-order valence-electron chi connectivity index (χ1n) is 7.70. The van der Waals surface area contributed by atoms with Crippen molar-refractivity contribution in [2.75, 3.05) is 0 Å². The standard InChI is InChI=1S/C16H18N4O2/c17-16(8-4-1-5-9-16)15-18-14(22-20-15)10-12-11-6-2-3-7-13(11)21-19-12/h2-3,6-7H,1,4-5,8-10,17H2. The van der Waals surface area contributed by atoms with Crippen LogP contribution in [0.25, 0.3) is 11.0 Å². The van der Waals surface area contributed by atoms with E-state index >= 15 is 0 Å². The average molecular weight is 298 g/mol. The van der Waals surface area contributed by atoms with Crippen molar-refractivity contribution in [2.45, 2.75) is 44.1 Å². The Labute approximate surface area is 127 Å². The molecule has 0 unspecified atom stereocenters. The minimum atomic E-state index is -0.439. The van der Waals surface area contributed by atoms with Crippen LogP contribution in [0.2, 0.25) is 0 Å². The van der Waals surface area contributed by atoms with Crippen molar-refractivity contribution in [3.05, 3.63) is 41.7 Å². The molecule has 0 aliphatic heterocycles. The summed E-state index contributed by atoms with van der Waals surface area (Å²) in [6.45, 7) is 0. The molecule has 2 aromatic heterocycles. The molecule has 2 N–H and O–H groups in total. The van der Waals surface area contributed by atoms with E-state index in [0.717, 1.165) is 42.3 Å². The van der Waals surface area contributed by atoms with Crippen LogP contribution in [0.3, 0.4) is 0 Å². The lowest BCUT2D eigenvalue weighted by Crippen LogP contribution is -2.39. The first-order valence-corrected chi connectivity index (χ1v) is 7.70. The molecule has 0 saturated heterocycles. The minimum Gasteiger partial charge on any atom is -0.356 e. The molecule has 6 heteroatoms. The summed E-state index contributed by atoms with van der Waals surface area (Å²) >= 11 is 0. The Kier molecular flexibility index (Phi) is 3.18. The van der Waals surface area contributed by atoms with E-state index in [4.69, 9.17) is 14.8 Å². The Morgan fingerprint density at radius 1 is 1.05 bits per heavy atom. The Hall–Kier alpha value is -2.21.